The molecular formula is C13H12F3NO3. The molecule has 1 aliphatic rings. The fourth-order valence-electron chi connectivity index (χ4n) is 2.41. The molecule has 0 spiro atoms. The molecule has 1 atom stereocenters. The molecule has 0 radical (unpaired) electrons. The van der Waals surface area contributed by atoms with E-state index in [1.54, 1.807) is 12.1 Å². The lowest BCUT2D eigenvalue weighted by Crippen LogP contribution is -2.50. The quantitative estimate of drug-likeness (QED) is 0.908. The van der Waals surface area contributed by atoms with Gasteiger partial charge in [0, 0.05) is 11.7 Å². The van der Waals surface area contributed by atoms with Crippen molar-refractivity contribution in [2.75, 3.05) is 4.90 Å². The van der Waals surface area contributed by atoms with Crippen molar-refractivity contribution >= 4 is 17.6 Å². The topological polar surface area (TPSA) is 57.6 Å². The van der Waals surface area contributed by atoms with Gasteiger partial charge in [-0.2, -0.15) is 13.2 Å². The molecule has 1 amide bonds. The SMILES string of the molecule is O=C(O)CC1CCc2ccccc2N1C(=O)C(F)(F)F. The minimum atomic E-state index is -5.03. The summed E-state index contributed by atoms with van der Waals surface area (Å²) < 4.78 is 38.1. The Morgan fingerprint density at radius 1 is 1.30 bits per heavy atom. The summed E-state index contributed by atoms with van der Waals surface area (Å²) >= 11 is 0. The summed E-state index contributed by atoms with van der Waals surface area (Å²) in [5.74, 6) is -3.25. The lowest BCUT2D eigenvalue weighted by Gasteiger charge is -2.36. The van der Waals surface area contributed by atoms with Crippen molar-refractivity contribution in [3.05, 3.63) is 29.8 Å². The van der Waals surface area contributed by atoms with Gasteiger partial charge < -0.3 is 10.0 Å². The number of para-hydroxylation sites is 1. The molecule has 20 heavy (non-hydrogen) atoms. The number of rotatable bonds is 2. The highest BCUT2D eigenvalue weighted by molar-refractivity contribution is 5.99. The summed E-state index contributed by atoms with van der Waals surface area (Å²) in [7, 11) is 0. The second kappa shape index (κ2) is 5.15. The van der Waals surface area contributed by atoms with E-state index in [0.29, 0.717) is 16.9 Å². The summed E-state index contributed by atoms with van der Waals surface area (Å²) in [5, 5.41) is 8.80. The number of fused-ring (bicyclic) bond motifs is 1. The van der Waals surface area contributed by atoms with Crippen molar-refractivity contribution in [3.63, 3.8) is 0 Å². The lowest BCUT2D eigenvalue weighted by atomic mass is 9.93. The van der Waals surface area contributed by atoms with Crippen LogP contribution in [0.15, 0.2) is 24.3 Å². The van der Waals surface area contributed by atoms with Gasteiger partial charge in [-0.05, 0) is 24.5 Å². The normalized spacial score (nSPS) is 18.6. The highest BCUT2D eigenvalue weighted by atomic mass is 19.4. The van der Waals surface area contributed by atoms with Crippen LogP contribution in [0.1, 0.15) is 18.4 Å². The van der Waals surface area contributed by atoms with Gasteiger partial charge >= 0.3 is 18.1 Å². The zero-order valence-electron chi connectivity index (χ0n) is 10.4. The number of carbonyl (C=O) groups excluding carboxylic acids is 1. The minimum absolute atomic E-state index is 0.146. The Labute approximate surface area is 112 Å². The van der Waals surface area contributed by atoms with E-state index in [1.807, 2.05) is 0 Å². The van der Waals surface area contributed by atoms with Crippen LogP contribution >= 0.6 is 0 Å². The van der Waals surface area contributed by atoms with Crippen LogP contribution in [0.2, 0.25) is 0 Å². The number of carbonyl (C=O) groups is 2. The largest absolute Gasteiger partial charge is 0.481 e. The molecule has 0 saturated carbocycles. The van der Waals surface area contributed by atoms with E-state index in [4.69, 9.17) is 5.11 Å². The van der Waals surface area contributed by atoms with E-state index < -0.39 is 30.5 Å². The number of alkyl halides is 3. The van der Waals surface area contributed by atoms with Gasteiger partial charge in [-0.1, -0.05) is 18.2 Å². The smallest absolute Gasteiger partial charge is 0.471 e. The molecule has 7 heteroatoms. The van der Waals surface area contributed by atoms with E-state index in [9.17, 15) is 22.8 Å². The Kier molecular flexibility index (Phi) is 3.69. The number of benzene rings is 1. The number of halogens is 3. The van der Waals surface area contributed by atoms with Gasteiger partial charge in [0.1, 0.15) is 0 Å². The van der Waals surface area contributed by atoms with Crippen molar-refractivity contribution in [2.45, 2.75) is 31.5 Å². The monoisotopic (exact) mass is 287 g/mol. The van der Waals surface area contributed by atoms with Crippen LogP contribution in [0, 0.1) is 0 Å². The third-order valence-corrected chi connectivity index (χ3v) is 3.23. The van der Waals surface area contributed by atoms with Crippen molar-refractivity contribution in [1.29, 1.82) is 0 Å². The highest BCUT2D eigenvalue weighted by Crippen LogP contribution is 2.35. The second-order valence-electron chi connectivity index (χ2n) is 4.59. The number of anilines is 1. The van der Waals surface area contributed by atoms with Crippen LogP contribution in [-0.2, 0) is 16.0 Å². The molecule has 0 aliphatic carbocycles. The number of hydrogen-bond acceptors (Lipinski definition) is 2. The van der Waals surface area contributed by atoms with Crippen molar-refractivity contribution in [1.82, 2.24) is 0 Å². The predicted octanol–water partition coefficient (Wildman–Crippen LogP) is 2.37. The maximum Gasteiger partial charge on any atom is 0.471 e. The standard InChI is InChI=1S/C13H12F3NO3/c14-13(15,16)12(20)17-9(7-11(18)19)6-5-8-3-1-2-4-10(8)17/h1-4,9H,5-7H2,(H,18,19). The number of nitrogens with zero attached hydrogens (tertiary/aromatic N) is 1. The average Bonchev–Trinajstić information content (AvgIpc) is 2.36. The average molecular weight is 287 g/mol. The molecule has 4 nitrogen and oxygen atoms in total. The van der Waals surface area contributed by atoms with Gasteiger partial charge in [-0.3, -0.25) is 9.59 Å². The Hall–Kier alpha value is -2.05. The lowest BCUT2D eigenvalue weighted by molar-refractivity contribution is -0.171. The summed E-state index contributed by atoms with van der Waals surface area (Å²) in [6.07, 6.45) is -4.88. The molecule has 1 aliphatic heterocycles. The minimum Gasteiger partial charge on any atom is -0.481 e. The molecule has 1 heterocycles. The zero-order valence-corrected chi connectivity index (χ0v) is 10.4. The van der Waals surface area contributed by atoms with Crippen molar-refractivity contribution in [2.24, 2.45) is 0 Å². The summed E-state index contributed by atoms with van der Waals surface area (Å²) in [5.41, 5.74) is 0.763. The molecular weight excluding hydrogens is 275 g/mol. The Morgan fingerprint density at radius 2 is 1.95 bits per heavy atom. The van der Waals surface area contributed by atoms with Gasteiger partial charge in [0.15, 0.2) is 0 Å². The van der Waals surface area contributed by atoms with Gasteiger partial charge in [-0.15, -0.1) is 0 Å². The molecule has 1 N–H and O–H groups in total. The van der Waals surface area contributed by atoms with Gasteiger partial charge in [-0.25, -0.2) is 0 Å². The maximum atomic E-state index is 12.7. The van der Waals surface area contributed by atoms with Crippen LogP contribution in [-0.4, -0.2) is 29.2 Å². The molecule has 0 bridgehead atoms. The van der Waals surface area contributed by atoms with E-state index >= 15 is 0 Å². The fourth-order valence-corrected chi connectivity index (χ4v) is 2.41. The summed E-state index contributed by atoms with van der Waals surface area (Å²) in [4.78, 5) is 22.9. The first-order valence-corrected chi connectivity index (χ1v) is 6.01. The number of aryl methyl sites for hydroxylation is 1. The van der Waals surface area contributed by atoms with E-state index in [-0.39, 0.29) is 12.1 Å². The molecule has 1 unspecified atom stereocenters. The second-order valence-corrected chi connectivity index (χ2v) is 4.59. The van der Waals surface area contributed by atoms with Gasteiger partial charge in [0.05, 0.1) is 6.42 Å². The van der Waals surface area contributed by atoms with Crippen LogP contribution in [0.3, 0.4) is 0 Å². The van der Waals surface area contributed by atoms with Crippen molar-refractivity contribution < 1.29 is 27.9 Å². The summed E-state index contributed by atoms with van der Waals surface area (Å²) in [6.45, 7) is 0. The van der Waals surface area contributed by atoms with Crippen molar-refractivity contribution in [3.8, 4) is 0 Å². The molecule has 0 fully saturated rings. The number of aliphatic carboxylic acids is 1. The Bertz CT molecular complexity index is 542. The highest BCUT2D eigenvalue weighted by Gasteiger charge is 2.47. The first kappa shape index (κ1) is 14.4. The Morgan fingerprint density at radius 3 is 2.55 bits per heavy atom. The van der Waals surface area contributed by atoms with E-state index in [2.05, 4.69) is 0 Å². The van der Waals surface area contributed by atoms with Crippen LogP contribution in [0.25, 0.3) is 0 Å². The fraction of sp³-hybridized carbons (Fsp3) is 0.385. The zero-order chi connectivity index (χ0) is 14.9. The van der Waals surface area contributed by atoms with Crippen LogP contribution < -0.4 is 4.90 Å². The third-order valence-electron chi connectivity index (χ3n) is 3.23. The first-order valence-electron chi connectivity index (χ1n) is 6.01. The third kappa shape index (κ3) is 2.76. The van der Waals surface area contributed by atoms with E-state index in [0.717, 1.165) is 0 Å². The van der Waals surface area contributed by atoms with Crippen LogP contribution in [0.4, 0.5) is 18.9 Å². The molecule has 1 aromatic carbocycles. The first-order chi connectivity index (χ1) is 9.30. The molecule has 2 rings (SSSR count). The predicted molar refractivity (Wildman–Crippen MR) is 64.3 cm³/mol. The molecule has 0 aromatic heterocycles. The number of hydrogen-bond donors (Lipinski definition) is 1. The summed E-state index contributed by atoms with van der Waals surface area (Å²) in [6, 6.07) is 5.28. The number of amides is 1. The van der Waals surface area contributed by atoms with Crippen LogP contribution in [0.5, 0.6) is 0 Å². The molecule has 0 saturated heterocycles. The Balaban J connectivity index is 2.43. The van der Waals surface area contributed by atoms with E-state index in [1.165, 1.54) is 12.1 Å². The number of carboxylic acid groups (broad SMARTS) is 1. The number of carboxylic acids is 1. The van der Waals surface area contributed by atoms with Gasteiger partial charge in [0.2, 0.25) is 0 Å². The molecule has 1 aromatic rings. The molecule has 108 valence electrons. The maximum absolute atomic E-state index is 12.7. The van der Waals surface area contributed by atoms with Gasteiger partial charge in [0.25, 0.3) is 0 Å².